The van der Waals surface area contributed by atoms with E-state index >= 15 is 0 Å². The monoisotopic (exact) mass is 469 g/mol. The van der Waals surface area contributed by atoms with E-state index in [9.17, 15) is 9.59 Å². The van der Waals surface area contributed by atoms with Gasteiger partial charge in [-0.3, -0.25) is 14.7 Å². The van der Waals surface area contributed by atoms with Crippen LogP contribution in [0.5, 0.6) is 0 Å². The number of aromatic nitrogens is 3. The smallest absolute Gasteiger partial charge is 0.318 e. The third-order valence-electron chi connectivity index (χ3n) is 5.12. The maximum atomic E-state index is 12.5. The first-order chi connectivity index (χ1) is 14.3. The molecule has 162 valence electrons. The predicted octanol–water partition coefficient (Wildman–Crippen LogP) is 5.07. The van der Waals surface area contributed by atoms with Crippen LogP contribution in [0.15, 0.2) is 23.4 Å². The Hall–Kier alpha value is -1.77. The minimum atomic E-state index is -0.867. The quantitative estimate of drug-likeness (QED) is 0.574. The topological polar surface area (TPSA) is 103 Å². The van der Waals surface area contributed by atoms with Gasteiger partial charge in [-0.05, 0) is 37.0 Å². The molecule has 1 aromatic heterocycles. The van der Waals surface area contributed by atoms with Crippen molar-refractivity contribution >= 4 is 46.9 Å². The molecule has 1 fully saturated rings. The van der Waals surface area contributed by atoms with E-state index in [1.165, 1.54) is 18.2 Å². The number of nitrogens with zero attached hydrogens (tertiary/aromatic N) is 3. The predicted molar refractivity (Wildman–Crippen MR) is 120 cm³/mol. The zero-order valence-electron chi connectivity index (χ0n) is 16.9. The maximum Gasteiger partial charge on any atom is 0.318 e. The lowest BCUT2D eigenvalue weighted by molar-refractivity contribution is -0.120. The minimum Gasteiger partial charge on any atom is -0.351 e. The van der Waals surface area contributed by atoms with E-state index in [4.69, 9.17) is 28.9 Å². The number of thioether (sulfide) groups is 1. The summed E-state index contributed by atoms with van der Waals surface area (Å²) in [5, 5.41) is 12.1. The van der Waals surface area contributed by atoms with Gasteiger partial charge in [-0.15, -0.1) is 10.2 Å². The molecular weight excluding hydrogens is 445 g/mol. The standard InChI is InChI=1S/C20H25Cl2N5O2S/c1-11(2)16(18(28)24-19(23)29)30-20-26-25-17(14-9-8-12(21)10-15(14)22)27(20)13-6-4-3-5-7-13/h8-11,13,16H,3-7H2,1-2H3,(H3,23,24,28,29)/t16-/m0/s1. The van der Waals surface area contributed by atoms with Crippen LogP contribution < -0.4 is 11.1 Å². The first-order valence-corrected chi connectivity index (χ1v) is 11.6. The van der Waals surface area contributed by atoms with Crippen LogP contribution in [0.2, 0.25) is 10.0 Å². The van der Waals surface area contributed by atoms with Crippen molar-refractivity contribution in [3.05, 3.63) is 28.2 Å². The third kappa shape index (κ3) is 5.28. The lowest BCUT2D eigenvalue weighted by Crippen LogP contribution is -2.42. The first-order valence-electron chi connectivity index (χ1n) is 9.95. The van der Waals surface area contributed by atoms with Crippen molar-refractivity contribution in [3.8, 4) is 11.4 Å². The molecule has 10 heteroatoms. The largest absolute Gasteiger partial charge is 0.351 e. The van der Waals surface area contributed by atoms with E-state index in [-0.39, 0.29) is 12.0 Å². The second-order valence-corrected chi connectivity index (χ2v) is 9.68. The molecule has 3 amide bonds. The number of rotatable bonds is 6. The Kier molecular flexibility index (Phi) is 7.65. The average Bonchev–Trinajstić information content (AvgIpc) is 3.09. The third-order valence-corrected chi connectivity index (χ3v) is 7.17. The molecule has 0 spiro atoms. The first kappa shape index (κ1) is 22.9. The molecule has 3 N–H and O–H groups in total. The number of benzene rings is 1. The number of amides is 3. The highest BCUT2D eigenvalue weighted by Crippen LogP contribution is 2.39. The highest BCUT2D eigenvalue weighted by atomic mass is 35.5. The summed E-state index contributed by atoms with van der Waals surface area (Å²) in [5.74, 6) is 0.170. The number of halogens is 2. The minimum absolute atomic E-state index is 0.0478. The van der Waals surface area contributed by atoms with Gasteiger partial charge in [-0.2, -0.15) is 0 Å². The van der Waals surface area contributed by atoms with Crippen molar-refractivity contribution in [1.82, 2.24) is 20.1 Å². The molecule has 0 unspecified atom stereocenters. The molecule has 7 nitrogen and oxygen atoms in total. The summed E-state index contributed by atoms with van der Waals surface area (Å²) >= 11 is 13.8. The number of primary amides is 1. The molecule has 0 saturated heterocycles. The fourth-order valence-corrected chi connectivity index (χ4v) is 5.27. The summed E-state index contributed by atoms with van der Waals surface area (Å²) in [6.07, 6.45) is 5.45. The van der Waals surface area contributed by atoms with Gasteiger partial charge in [-0.25, -0.2) is 4.79 Å². The summed E-state index contributed by atoms with van der Waals surface area (Å²) in [6.45, 7) is 3.83. The second kappa shape index (κ2) is 10.0. The Labute approximate surface area is 190 Å². The van der Waals surface area contributed by atoms with E-state index in [1.54, 1.807) is 12.1 Å². The average molecular weight is 470 g/mol. The van der Waals surface area contributed by atoms with E-state index < -0.39 is 17.2 Å². The summed E-state index contributed by atoms with van der Waals surface area (Å²) in [6, 6.07) is 4.63. The van der Waals surface area contributed by atoms with Gasteiger partial charge in [0.05, 0.1) is 10.3 Å². The molecule has 0 radical (unpaired) electrons. The van der Waals surface area contributed by atoms with Crippen molar-refractivity contribution in [3.63, 3.8) is 0 Å². The fourth-order valence-electron chi connectivity index (χ4n) is 3.68. The molecule has 1 atom stereocenters. The summed E-state index contributed by atoms with van der Waals surface area (Å²) < 4.78 is 2.09. The number of hydrogen-bond donors (Lipinski definition) is 2. The van der Waals surface area contributed by atoms with Crippen LogP contribution in [0.3, 0.4) is 0 Å². The molecule has 1 saturated carbocycles. The van der Waals surface area contributed by atoms with Gasteiger partial charge >= 0.3 is 6.03 Å². The fraction of sp³-hybridized carbons (Fsp3) is 0.500. The number of hydrogen-bond acceptors (Lipinski definition) is 5. The van der Waals surface area contributed by atoms with Gasteiger partial charge < -0.3 is 5.73 Å². The molecule has 30 heavy (non-hydrogen) atoms. The van der Waals surface area contributed by atoms with E-state index in [2.05, 4.69) is 20.1 Å². The van der Waals surface area contributed by atoms with Gasteiger partial charge in [-0.1, -0.05) is 68.1 Å². The van der Waals surface area contributed by atoms with Gasteiger partial charge in [0, 0.05) is 16.6 Å². The van der Waals surface area contributed by atoms with Crippen LogP contribution in [-0.2, 0) is 4.79 Å². The van der Waals surface area contributed by atoms with Crippen molar-refractivity contribution in [2.45, 2.75) is 62.4 Å². The van der Waals surface area contributed by atoms with Crippen molar-refractivity contribution in [2.75, 3.05) is 0 Å². The Morgan fingerprint density at radius 1 is 1.20 bits per heavy atom. The van der Waals surface area contributed by atoms with Crippen molar-refractivity contribution < 1.29 is 9.59 Å². The molecule has 1 aromatic carbocycles. The SMILES string of the molecule is CC(C)[C@H](Sc1nnc(-c2ccc(Cl)cc2Cl)n1C1CCCCC1)C(=O)NC(N)=O. The summed E-state index contributed by atoms with van der Waals surface area (Å²) in [5.41, 5.74) is 5.89. The second-order valence-electron chi connectivity index (χ2n) is 7.73. The molecule has 0 bridgehead atoms. The number of nitrogens with one attached hydrogen (secondary N) is 1. The van der Waals surface area contributed by atoms with E-state index in [0.717, 1.165) is 31.2 Å². The van der Waals surface area contributed by atoms with Crippen molar-refractivity contribution in [2.24, 2.45) is 11.7 Å². The molecular formula is C20H25Cl2N5O2S. The van der Waals surface area contributed by atoms with Gasteiger partial charge in [0.25, 0.3) is 0 Å². The van der Waals surface area contributed by atoms with Crippen LogP contribution in [0, 0.1) is 5.92 Å². The van der Waals surface area contributed by atoms with Gasteiger partial charge in [0.1, 0.15) is 0 Å². The zero-order valence-corrected chi connectivity index (χ0v) is 19.2. The molecule has 1 aliphatic carbocycles. The van der Waals surface area contributed by atoms with Crippen molar-refractivity contribution in [1.29, 1.82) is 0 Å². The Balaban J connectivity index is 2.02. The summed E-state index contributed by atoms with van der Waals surface area (Å²) in [4.78, 5) is 23.7. The maximum absolute atomic E-state index is 12.5. The van der Waals surface area contributed by atoms with Crippen LogP contribution in [0.1, 0.15) is 52.0 Å². The lowest BCUT2D eigenvalue weighted by Gasteiger charge is -2.27. The number of imide groups is 1. The molecule has 1 heterocycles. The highest BCUT2D eigenvalue weighted by Gasteiger charge is 2.30. The Morgan fingerprint density at radius 2 is 1.90 bits per heavy atom. The number of nitrogens with two attached hydrogens (primary N) is 1. The Morgan fingerprint density at radius 3 is 2.50 bits per heavy atom. The Bertz CT molecular complexity index is 928. The zero-order chi connectivity index (χ0) is 21.8. The molecule has 3 rings (SSSR count). The van der Waals surface area contributed by atoms with Crippen LogP contribution >= 0.6 is 35.0 Å². The number of urea groups is 1. The van der Waals surface area contributed by atoms with E-state index in [0.29, 0.717) is 21.0 Å². The van der Waals surface area contributed by atoms with Gasteiger partial charge in [0.2, 0.25) is 5.91 Å². The van der Waals surface area contributed by atoms with Gasteiger partial charge in [0.15, 0.2) is 11.0 Å². The number of carbonyl (C=O) groups excluding carboxylic acids is 2. The normalized spacial score (nSPS) is 15.9. The van der Waals surface area contributed by atoms with E-state index in [1.807, 2.05) is 19.9 Å². The molecule has 1 aliphatic rings. The molecule has 0 aliphatic heterocycles. The van der Waals surface area contributed by atoms with Crippen LogP contribution in [-0.4, -0.2) is 32.0 Å². The van der Waals surface area contributed by atoms with Crippen LogP contribution in [0.25, 0.3) is 11.4 Å². The number of carbonyl (C=O) groups is 2. The highest BCUT2D eigenvalue weighted by molar-refractivity contribution is 8.00. The lowest BCUT2D eigenvalue weighted by atomic mass is 9.95. The van der Waals surface area contributed by atoms with Crippen LogP contribution in [0.4, 0.5) is 4.79 Å². The summed E-state index contributed by atoms with van der Waals surface area (Å²) in [7, 11) is 0. The molecule has 2 aromatic rings.